The molecule has 0 fully saturated rings. The van der Waals surface area contributed by atoms with Crippen LogP contribution in [-0.2, 0) is 0 Å². The van der Waals surface area contributed by atoms with Gasteiger partial charge in [0, 0.05) is 11.6 Å². The summed E-state index contributed by atoms with van der Waals surface area (Å²) in [6.45, 7) is 4.87. The van der Waals surface area contributed by atoms with Gasteiger partial charge in [0.1, 0.15) is 11.6 Å². The van der Waals surface area contributed by atoms with Crippen LogP contribution in [0.25, 0.3) is 0 Å². The molecule has 21 heavy (non-hydrogen) atoms. The minimum Gasteiger partial charge on any atom is -0.454 e. The van der Waals surface area contributed by atoms with Gasteiger partial charge in [-0.3, -0.25) is 0 Å². The van der Waals surface area contributed by atoms with Crippen LogP contribution >= 0.6 is 0 Å². The minimum absolute atomic E-state index is 0.0314. The van der Waals surface area contributed by atoms with Gasteiger partial charge in [-0.25, -0.2) is 8.78 Å². The Labute approximate surface area is 123 Å². The van der Waals surface area contributed by atoms with Crippen molar-refractivity contribution in [3.63, 3.8) is 0 Å². The molecule has 0 aliphatic rings. The number of ether oxygens (including phenoxy) is 1. The average molecular weight is 291 g/mol. The highest BCUT2D eigenvalue weighted by molar-refractivity contribution is 5.40. The third-order valence-corrected chi connectivity index (χ3v) is 3.20. The Morgan fingerprint density at radius 1 is 1.10 bits per heavy atom. The first-order valence-corrected chi connectivity index (χ1v) is 7.07. The molecule has 0 amide bonds. The van der Waals surface area contributed by atoms with Crippen LogP contribution < -0.4 is 10.1 Å². The normalized spacial score (nSPS) is 12.2. The molecule has 0 aliphatic carbocycles. The number of halogens is 2. The zero-order valence-corrected chi connectivity index (χ0v) is 12.2. The fourth-order valence-corrected chi connectivity index (χ4v) is 2.07. The lowest BCUT2D eigenvalue weighted by molar-refractivity contribution is 0.424. The van der Waals surface area contributed by atoms with Gasteiger partial charge >= 0.3 is 0 Å². The highest BCUT2D eigenvalue weighted by Gasteiger charge is 2.16. The van der Waals surface area contributed by atoms with Crippen molar-refractivity contribution in [2.45, 2.75) is 26.3 Å². The van der Waals surface area contributed by atoms with E-state index in [1.54, 1.807) is 6.07 Å². The van der Waals surface area contributed by atoms with Crippen LogP contribution in [0.2, 0.25) is 0 Å². The Morgan fingerprint density at radius 2 is 1.81 bits per heavy atom. The van der Waals surface area contributed by atoms with E-state index in [4.69, 9.17) is 4.74 Å². The monoisotopic (exact) mass is 291 g/mol. The number of nitrogens with one attached hydrogen (secondary N) is 1. The predicted octanol–water partition coefficient (Wildman–Crippen LogP) is 4.82. The van der Waals surface area contributed by atoms with Crippen molar-refractivity contribution < 1.29 is 13.5 Å². The van der Waals surface area contributed by atoms with Crippen LogP contribution in [0.15, 0.2) is 42.5 Å². The Hall–Kier alpha value is -1.94. The van der Waals surface area contributed by atoms with Crippen molar-refractivity contribution >= 4 is 0 Å². The van der Waals surface area contributed by atoms with E-state index in [1.165, 1.54) is 30.3 Å². The maximum Gasteiger partial charge on any atom is 0.167 e. The Kier molecular flexibility index (Phi) is 5.28. The number of hydrogen-bond donors (Lipinski definition) is 1. The molecule has 0 saturated carbocycles. The number of rotatable bonds is 6. The second kappa shape index (κ2) is 7.18. The molecular weight excluding hydrogens is 272 g/mol. The molecule has 0 radical (unpaired) electrons. The molecule has 1 unspecified atom stereocenters. The SMILES string of the molecule is CCCNC(C)c1cccc(F)c1Oc1ccc(F)cc1. The fourth-order valence-electron chi connectivity index (χ4n) is 2.07. The smallest absolute Gasteiger partial charge is 0.167 e. The first-order chi connectivity index (χ1) is 10.1. The van der Waals surface area contributed by atoms with Gasteiger partial charge in [-0.05, 0) is 50.2 Å². The van der Waals surface area contributed by atoms with Gasteiger partial charge in [-0.1, -0.05) is 19.1 Å². The van der Waals surface area contributed by atoms with Crippen LogP contribution in [0.5, 0.6) is 11.5 Å². The molecule has 0 heterocycles. The van der Waals surface area contributed by atoms with Gasteiger partial charge in [-0.2, -0.15) is 0 Å². The maximum absolute atomic E-state index is 14.1. The summed E-state index contributed by atoms with van der Waals surface area (Å²) in [7, 11) is 0. The zero-order chi connectivity index (χ0) is 15.2. The molecule has 0 aliphatic heterocycles. The number of benzene rings is 2. The van der Waals surface area contributed by atoms with Gasteiger partial charge in [0.25, 0.3) is 0 Å². The van der Waals surface area contributed by atoms with E-state index in [9.17, 15) is 8.78 Å². The largest absolute Gasteiger partial charge is 0.454 e. The van der Waals surface area contributed by atoms with Crippen molar-refractivity contribution in [3.8, 4) is 11.5 Å². The van der Waals surface area contributed by atoms with Crippen LogP contribution in [0.3, 0.4) is 0 Å². The van der Waals surface area contributed by atoms with Gasteiger partial charge < -0.3 is 10.1 Å². The summed E-state index contributed by atoms with van der Waals surface area (Å²) in [6, 6.07) is 10.3. The van der Waals surface area contributed by atoms with Crippen molar-refractivity contribution in [2.75, 3.05) is 6.54 Å². The zero-order valence-electron chi connectivity index (χ0n) is 12.2. The minimum atomic E-state index is -0.429. The van der Waals surface area contributed by atoms with Crippen molar-refractivity contribution in [1.29, 1.82) is 0 Å². The second-order valence-corrected chi connectivity index (χ2v) is 4.89. The lowest BCUT2D eigenvalue weighted by Crippen LogP contribution is -2.20. The molecule has 2 aromatic carbocycles. The van der Waals surface area contributed by atoms with E-state index < -0.39 is 5.82 Å². The molecule has 2 aromatic rings. The number of para-hydroxylation sites is 1. The lowest BCUT2D eigenvalue weighted by Gasteiger charge is -2.18. The Bertz CT molecular complexity index is 584. The highest BCUT2D eigenvalue weighted by Crippen LogP contribution is 2.32. The predicted molar refractivity (Wildman–Crippen MR) is 79.6 cm³/mol. The summed E-state index contributed by atoms with van der Waals surface area (Å²) in [5.74, 6) is -0.193. The molecular formula is C17H19F2NO. The maximum atomic E-state index is 14.1. The van der Waals surface area contributed by atoms with E-state index in [-0.39, 0.29) is 17.6 Å². The third kappa shape index (κ3) is 4.02. The van der Waals surface area contributed by atoms with Crippen molar-refractivity contribution in [2.24, 2.45) is 0 Å². The average Bonchev–Trinajstić information content (AvgIpc) is 2.49. The van der Waals surface area contributed by atoms with Gasteiger partial charge in [0.05, 0.1) is 0 Å². The molecule has 0 aromatic heterocycles. The van der Waals surface area contributed by atoms with Gasteiger partial charge in [-0.15, -0.1) is 0 Å². The Balaban J connectivity index is 2.26. The summed E-state index contributed by atoms with van der Waals surface area (Å²) in [5.41, 5.74) is 0.743. The van der Waals surface area contributed by atoms with Crippen molar-refractivity contribution in [3.05, 3.63) is 59.7 Å². The second-order valence-electron chi connectivity index (χ2n) is 4.89. The van der Waals surface area contributed by atoms with E-state index in [1.807, 2.05) is 13.0 Å². The van der Waals surface area contributed by atoms with Gasteiger partial charge in [0.2, 0.25) is 0 Å². The molecule has 112 valence electrons. The van der Waals surface area contributed by atoms with E-state index in [2.05, 4.69) is 12.2 Å². The standard InChI is InChI=1S/C17H19F2NO/c1-3-11-20-12(2)15-5-4-6-16(19)17(15)21-14-9-7-13(18)8-10-14/h4-10,12,20H,3,11H2,1-2H3. The fraction of sp³-hybridized carbons (Fsp3) is 0.294. The van der Waals surface area contributed by atoms with Crippen LogP contribution in [0.4, 0.5) is 8.78 Å². The Morgan fingerprint density at radius 3 is 2.48 bits per heavy atom. The summed E-state index contributed by atoms with van der Waals surface area (Å²) in [4.78, 5) is 0. The first kappa shape index (κ1) is 15.4. The highest BCUT2D eigenvalue weighted by atomic mass is 19.1. The third-order valence-electron chi connectivity index (χ3n) is 3.20. The summed E-state index contributed by atoms with van der Waals surface area (Å²) >= 11 is 0. The molecule has 4 heteroatoms. The number of hydrogen-bond acceptors (Lipinski definition) is 2. The summed E-state index contributed by atoms with van der Waals surface area (Å²) < 4.78 is 32.6. The lowest BCUT2D eigenvalue weighted by atomic mass is 10.1. The quantitative estimate of drug-likeness (QED) is 0.824. The molecule has 1 N–H and O–H groups in total. The summed E-state index contributed by atoms with van der Waals surface area (Å²) in [5, 5.41) is 3.30. The molecule has 0 spiro atoms. The molecule has 0 bridgehead atoms. The van der Waals surface area contributed by atoms with E-state index >= 15 is 0 Å². The molecule has 2 nitrogen and oxygen atoms in total. The molecule has 2 rings (SSSR count). The summed E-state index contributed by atoms with van der Waals surface area (Å²) in [6.07, 6.45) is 0.994. The van der Waals surface area contributed by atoms with Crippen LogP contribution in [-0.4, -0.2) is 6.54 Å². The first-order valence-electron chi connectivity index (χ1n) is 7.07. The molecule has 0 saturated heterocycles. The van der Waals surface area contributed by atoms with Crippen LogP contribution in [0, 0.1) is 11.6 Å². The van der Waals surface area contributed by atoms with Gasteiger partial charge in [0.15, 0.2) is 11.6 Å². The van der Waals surface area contributed by atoms with Crippen molar-refractivity contribution in [1.82, 2.24) is 5.32 Å². The van der Waals surface area contributed by atoms with E-state index in [0.717, 1.165) is 18.5 Å². The molecule has 1 atom stereocenters. The topological polar surface area (TPSA) is 21.3 Å². The van der Waals surface area contributed by atoms with Crippen LogP contribution in [0.1, 0.15) is 31.9 Å². The van der Waals surface area contributed by atoms with E-state index in [0.29, 0.717) is 5.75 Å².